The Hall–Kier alpha value is -5.74. The fraction of sp³-hybridized carbons (Fsp3) is 0.136. The maximum absolute atomic E-state index is 14.1. The number of ketones is 1. The highest BCUT2D eigenvalue weighted by Gasteiger charge is 2.28. The highest BCUT2D eigenvalue weighted by Crippen LogP contribution is 2.44. The van der Waals surface area contributed by atoms with Gasteiger partial charge < -0.3 is 10.1 Å². The fourth-order valence-corrected chi connectivity index (χ4v) is 6.50. The number of rotatable bonds is 10. The molecule has 1 N–H and O–H groups in total. The van der Waals surface area contributed by atoms with Crippen LogP contribution >= 0.6 is 0 Å². The van der Waals surface area contributed by atoms with Crippen LogP contribution in [-0.2, 0) is 0 Å². The van der Waals surface area contributed by atoms with Crippen molar-refractivity contribution < 1.29 is 14.3 Å². The van der Waals surface area contributed by atoms with Gasteiger partial charge in [-0.1, -0.05) is 103 Å². The van der Waals surface area contributed by atoms with E-state index in [1.54, 1.807) is 6.07 Å². The van der Waals surface area contributed by atoms with Gasteiger partial charge in [0, 0.05) is 33.6 Å². The Morgan fingerprint density at radius 3 is 2.10 bits per heavy atom. The summed E-state index contributed by atoms with van der Waals surface area (Å²) < 4.78 is 6.73. The molecule has 6 aromatic carbocycles. The first-order chi connectivity index (χ1) is 23.5. The largest absolute Gasteiger partial charge is 0.456 e. The summed E-state index contributed by atoms with van der Waals surface area (Å²) in [7, 11) is 0. The van der Waals surface area contributed by atoms with Crippen LogP contribution in [0.3, 0.4) is 0 Å². The van der Waals surface area contributed by atoms with Crippen LogP contribution in [0.2, 0.25) is 0 Å². The zero-order chi connectivity index (χ0) is 33.0. The monoisotopic (exact) mass is 627 g/mol. The van der Waals surface area contributed by atoms with Gasteiger partial charge >= 0.3 is 0 Å². The minimum absolute atomic E-state index is 0.0451. The van der Waals surface area contributed by atoms with Gasteiger partial charge in [-0.15, -0.1) is 0 Å². The third kappa shape index (κ3) is 6.17. The molecule has 0 atom stereocenters. The van der Waals surface area contributed by atoms with Crippen molar-refractivity contribution in [1.29, 1.82) is 0 Å². The summed E-state index contributed by atoms with van der Waals surface area (Å²) in [5.41, 5.74) is 10.5. The average molecular weight is 628 g/mol. The Balaban J connectivity index is 1.33. The van der Waals surface area contributed by atoms with Gasteiger partial charge in [-0.2, -0.15) is 0 Å². The number of nitrogens with one attached hydrogen (secondary N) is 1. The molecule has 0 amide bonds. The Labute approximate surface area is 282 Å². The number of carbonyl (C=O) groups excluding carboxylic acids is 2. The summed E-state index contributed by atoms with van der Waals surface area (Å²) >= 11 is 0. The molecule has 0 unspecified atom stereocenters. The standard InChI is InChI=1S/C44H37NO3/c1-29-13-9-10-21-36(29)43(47)40-27-42(34(28-46)26-38(40)31-17-12-18-31)48-44-30(2)14-11-22-37(44)33-23-24-41(45-35-19-7-4-8-20-35)39(25-33)32-15-5-3-6-16-32/h3-11,13-16,19-28,31,45H,12,17-18H2,1-2H3. The molecule has 1 aliphatic carbocycles. The predicted octanol–water partition coefficient (Wildman–Crippen LogP) is 11.5. The van der Waals surface area contributed by atoms with Crippen LogP contribution < -0.4 is 10.1 Å². The van der Waals surface area contributed by atoms with Gasteiger partial charge in [-0.3, -0.25) is 9.59 Å². The maximum Gasteiger partial charge on any atom is 0.193 e. The molecule has 0 saturated heterocycles. The second-order valence-electron chi connectivity index (χ2n) is 12.5. The molecule has 0 aliphatic heterocycles. The summed E-state index contributed by atoms with van der Waals surface area (Å²) in [4.78, 5) is 26.6. The molecule has 1 saturated carbocycles. The zero-order valence-corrected chi connectivity index (χ0v) is 27.2. The second-order valence-corrected chi connectivity index (χ2v) is 12.5. The first kappa shape index (κ1) is 30.9. The highest BCUT2D eigenvalue weighted by molar-refractivity contribution is 6.11. The van der Waals surface area contributed by atoms with Crippen molar-refractivity contribution in [1.82, 2.24) is 0 Å². The van der Waals surface area contributed by atoms with E-state index in [4.69, 9.17) is 4.74 Å². The molecule has 0 bridgehead atoms. The van der Waals surface area contributed by atoms with Crippen LogP contribution in [0.5, 0.6) is 11.5 Å². The normalized spacial score (nSPS) is 12.6. The van der Waals surface area contributed by atoms with E-state index in [-0.39, 0.29) is 11.7 Å². The minimum Gasteiger partial charge on any atom is -0.456 e. The summed E-state index contributed by atoms with van der Waals surface area (Å²) in [6, 6.07) is 44.2. The molecular formula is C44H37NO3. The minimum atomic E-state index is -0.0451. The van der Waals surface area contributed by atoms with E-state index >= 15 is 0 Å². The third-order valence-electron chi connectivity index (χ3n) is 9.38. The smallest absolute Gasteiger partial charge is 0.193 e. The molecule has 1 aliphatic rings. The van der Waals surface area contributed by atoms with Gasteiger partial charge in [0.25, 0.3) is 0 Å². The number of hydrogen-bond acceptors (Lipinski definition) is 4. The van der Waals surface area contributed by atoms with Crippen molar-refractivity contribution in [2.75, 3.05) is 5.32 Å². The first-order valence-electron chi connectivity index (χ1n) is 16.5. The van der Waals surface area contributed by atoms with E-state index in [9.17, 15) is 9.59 Å². The predicted molar refractivity (Wildman–Crippen MR) is 195 cm³/mol. The lowest BCUT2D eigenvalue weighted by molar-refractivity contribution is 0.103. The van der Waals surface area contributed by atoms with Crippen molar-refractivity contribution in [3.05, 3.63) is 167 Å². The molecule has 4 nitrogen and oxygen atoms in total. The van der Waals surface area contributed by atoms with Gasteiger partial charge in [0.2, 0.25) is 0 Å². The van der Waals surface area contributed by atoms with Crippen molar-refractivity contribution in [3.8, 4) is 33.8 Å². The SMILES string of the molecule is Cc1ccccc1C(=O)c1cc(Oc2c(C)cccc2-c2ccc(Nc3ccccc3)c(-c3ccccc3)c2)c(C=O)cc1C1CCC1. The van der Waals surface area contributed by atoms with Crippen LogP contribution in [0, 0.1) is 13.8 Å². The highest BCUT2D eigenvalue weighted by atomic mass is 16.5. The molecule has 0 heterocycles. The lowest BCUT2D eigenvalue weighted by Gasteiger charge is -2.28. The molecule has 0 radical (unpaired) electrons. The van der Waals surface area contributed by atoms with E-state index < -0.39 is 0 Å². The average Bonchev–Trinajstić information content (AvgIpc) is 3.09. The maximum atomic E-state index is 14.1. The number of anilines is 2. The quantitative estimate of drug-likeness (QED) is 0.121. The third-order valence-corrected chi connectivity index (χ3v) is 9.38. The van der Waals surface area contributed by atoms with Crippen LogP contribution in [-0.4, -0.2) is 12.1 Å². The van der Waals surface area contributed by atoms with Gasteiger partial charge in [-0.05, 0) is 96.8 Å². The molecule has 48 heavy (non-hydrogen) atoms. The van der Waals surface area contributed by atoms with Crippen molar-refractivity contribution >= 4 is 23.4 Å². The number of carbonyl (C=O) groups is 2. The lowest BCUT2D eigenvalue weighted by Crippen LogP contribution is -2.16. The molecule has 0 aromatic heterocycles. The Morgan fingerprint density at radius 1 is 0.688 bits per heavy atom. The molecule has 1 fully saturated rings. The summed E-state index contributed by atoms with van der Waals surface area (Å²) in [5, 5.41) is 3.59. The van der Waals surface area contributed by atoms with Crippen molar-refractivity contribution in [2.45, 2.75) is 39.0 Å². The Morgan fingerprint density at radius 2 is 1.40 bits per heavy atom. The van der Waals surface area contributed by atoms with Gasteiger partial charge in [0.15, 0.2) is 12.1 Å². The number of para-hydroxylation sites is 2. The Bertz CT molecular complexity index is 2110. The number of ether oxygens (including phenoxy) is 1. The van der Waals surface area contributed by atoms with Gasteiger partial charge in [0.05, 0.1) is 5.56 Å². The summed E-state index contributed by atoms with van der Waals surface area (Å²) in [6.07, 6.45) is 3.98. The molecule has 236 valence electrons. The van der Waals surface area contributed by atoms with E-state index in [1.807, 2.05) is 111 Å². The Kier molecular flexibility index (Phi) is 8.72. The molecule has 6 aromatic rings. The van der Waals surface area contributed by atoms with E-state index in [2.05, 4.69) is 35.6 Å². The molecule has 4 heteroatoms. The van der Waals surface area contributed by atoms with E-state index in [0.29, 0.717) is 28.2 Å². The van der Waals surface area contributed by atoms with Gasteiger partial charge in [0.1, 0.15) is 11.5 Å². The van der Waals surface area contributed by atoms with Crippen LogP contribution in [0.15, 0.2) is 133 Å². The topological polar surface area (TPSA) is 55.4 Å². The van der Waals surface area contributed by atoms with Crippen LogP contribution in [0.25, 0.3) is 22.3 Å². The van der Waals surface area contributed by atoms with Crippen molar-refractivity contribution in [2.24, 2.45) is 0 Å². The fourth-order valence-electron chi connectivity index (χ4n) is 6.50. The number of aryl methyl sites for hydroxylation is 2. The molecule has 7 rings (SSSR count). The van der Waals surface area contributed by atoms with E-state index in [1.165, 1.54) is 0 Å². The second kappa shape index (κ2) is 13.5. The zero-order valence-electron chi connectivity index (χ0n) is 27.2. The summed E-state index contributed by atoms with van der Waals surface area (Å²) in [5.74, 6) is 1.24. The number of benzene rings is 6. The van der Waals surface area contributed by atoms with Crippen molar-refractivity contribution in [3.63, 3.8) is 0 Å². The van der Waals surface area contributed by atoms with Gasteiger partial charge in [-0.25, -0.2) is 0 Å². The molecule has 0 spiro atoms. The lowest BCUT2D eigenvalue weighted by atomic mass is 9.76. The van der Waals surface area contributed by atoms with Crippen LogP contribution in [0.4, 0.5) is 11.4 Å². The number of hydrogen-bond donors (Lipinski definition) is 1. The summed E-state index contributed by atoms with van der Waals surface area (Å²) in [6.45, 7) is 3.96. The number of aldehydes is 1. The first-order valence-corrected chi connectivity index (χ1v) is 16.5. The van der Waals surface area contributed by atoms with E-state index in [0.717, 1.165) is 75.9 Å². The van der Waals surface area contributed by atoms with Crippen LogP contribution in [0.1, 0.15) is 68.2 Å². The molecular weight excluding hydrogens is 590 g/mol.